The predicted molar refractivity (Wildman–Crippen MR) is 51.4 cm³/mol. The topological polar surface area (TPSA) is 43.1 Å². The molecule has 0 bridgehead atoms. The summed E-state index contributed by atoms with van der Waals surface area (Å²) in [6.45, 7) is 0.405. The minimum Gasteiger partial charge on any atom is -0.330 e. The highest BCUT2D eigenvalue weighted by Crippen LogP contribution is 2.40. The average Bonchev–Trinajstić information content (AvgIpc) is 2.12. The molecule has 2 nitrogen and oxygen atoms in total. The van der Waals surface area contributed by atoms with E-state index in [1.165, 1.54) is 12.1 Å². The molecule has 0 aromatic heterocycles. The van der Waals surface area contributed by atoms with Gasteiger partial charge in [0.1, 0.15) is 11.6 Å². The van der Waals surface area contributed by atoms with Crippen LogP contribution < -0.4 is 5.73 Å². The van der Waals surface area contributed by atoms with Gasteiger partial charge in [0.2, 0.25) is 0 Å². The Kier molecular flexibility index (Phi) is 2.11. The van der Waals surface area contributed by atoms with E-state index in [-0.39, 0.29) is 17.0 Å². The van der Waals surface area contributed by atoms with Crippen LogP contribution in [0.2, 0.25) is 0 Å². The first kappa shape index (κ1) is 9.34. The summed E-state index contributed by atoms with van der Waals surface area (Å²) in [5, 5.41) is 0. The monoisotopic (exact) mass is 193 g/mol. The highest BCUT2D eigenvalue weighted by Gasteiger charge is 2.43. The van der Waals surface area contributed by atoms with E-state index in [1.54, 1.807) is 6.07 Å². The van der Waals surface area contributed by atoms with Crippen LogP contribution in [0.3, 0.4) is 0 Å². The highest BCUT2D eigenvalue weighted by molar-refractivity contribution is 5.88. The zero-order valence-corrected chi connectivity index (χ0v) is 7.79. The maximum atomic E-state index is 13.0. The number of rotatable bonds is 2. The fourth-order valence-electron chi connectivity index (χ4n) is 1.99. The number of Topliss-reactive ketones (excluding diaryl/α,β-unsaturated/α-hetero) is 1. The Labute approximate surface area is 81.9 Å². The number of ketones is 1. The van der Waals surface area contributed by atoms with Gasteiger partial charge in [-0.05, 0) is 17.7 Å². The van der Waals surface area contributed by atoms with Crippen LogP contribution in [-0.2, 0) is 10.2 Å². The van der Waals surface area contributed by atoms with Gasteiger partial charge in [-0.2, -0.15) is 0 Å². The van der Waals surface area contributed by atoms with Crippen molar-refractivity contribution in [2.45, 2.75) is 18.3 Å². The largest absolute Gasteiger partial charge is 0.330 e. The maximum absolute atomic E-state index is 13.0. The van der Waals surface area contributed by atoms with Crippen LogP contribution in [-0.4, -0.2) is 12.3 Å². The van der Waals surface area contributed by atoms with Crippen molar-refractivity contribution in [1.29, 1.82) is 0 Å². The van der Waals surface area contributed by atoms with E-state index in [9.17, 15) is 9.18 Å². The lowest BCUT2D eigenvalue weighted by atomic mass is 9.64. The Bertz CT molecular complexity index is 367. The second-order valence-corrected chi connectivity index (χ2v) is 3.89. The Hall–Kier alpha value is -1.22. The van der Waals surface area contributed by atoms with Crippen LogP contribution in [0.1, 0.15) is 18.4 Å². The number of carbonyl (C=O) groups excluding carboxylic acids is 1. The molecule has 2 N–H and O–H groups in total. The smallest absolute Gasteiger partial charge is 0.134 e. The number of halogens is 1. The summed E-state index contributed by atoms with van der Waals surface area (Å²) >= 11 is 0. The molecular formula is C11H12FNO. The van der Waals surface area contributed by atoms with E-state index < -0.39 is 0 Å². The molecule has 0 spiro atoms. The van der Waals surface area contributed by atoms with Crippen molar-refractivity contribution in [1.82, 2.24) is 0 Å². The zero-order valence-electron chi connectivity index (χ0n) is 7.79. The molecule has 0 heterocycles. The van der Waals surface area contributed by atoms with E-state index in [2.05, 4.69) is 0 Å². The molecule has 1 fully saturated rings. The van der Waals surface area contributed by atoms with E-state index in [0.717, 1.165) is 5.56 Å². The van der Waals surface area contributed by atoms with Gasteiger partial charge >= 0.3 is 0 Å². The number of hydrogen-bond donors (Lipinski definition) is 1. The first-order valence-electron chi connectivity index (χ1n) is 4.64. The fourth-order valence-corrected chi connectivity index (χ4v) is 1.99. The van der Waals surface area contributed by atoms with Crippen molar-refractivity contribution in [3.05, 3.63) is 35.6 Å². The van der Waals surface area contributed by atoms with Crippen LogP contribution in [0.4, 0.5) is 4.39 Å². The lowest BCUT2D eigenvalue weighted by molar-refractivity contribution is -0.128. The molecule has 1 aromatic rings. The second-order valence-electron chi connectivity index (χ2n) is 3.89. The molecule has 2 rings (SSSR count). The molecule has 0 amide bonds. The number of nitrogens with two attached hydrogens (primary N) is 1. The average molecular weight is 193 g/mol. The molecule has 14 heavy (non-hydrogen) atoms. The minimum atomic E-state index is -0.292. The van der Waals surface area contributed by atoms with Crippen molar-refractivity contribution in [3.63, 3.8) is 0 Å². The third-order valence-electron chi connectivity index (χ3n) is 2.90. The van der Waals surface area contributed by atoms with Gasteiger partial charge in [0.25, 0.3) is 0 Å². The summed E-state index contributed by atoms with van der Waals surface area (Å²) in [6.07, 6.45) is 0.903. The molecule has 0 unspecified atom stereocenters. The molecule has 0 radical (unpaired) electrons. The molecular weight excluding hydrogens is 181 g/mol. The summed E-state index contributed by atoms with van der Waals surface area (Å²) in [5.74, 6) is -0.0608. The molecule has 0 saturated heterocycles. The Morgan fingerprint density at radius 1 is 1.43 bits per heavy atom. The van der Waals surface area contributed by atoms with Crippen molar-refractivity contribution < 1.29 is 9.18 Å². The molecule has 0 aliphatic heterocycles. The molecule has 1 aliphatic rings. The summed E-state index contributed by atoms with van der Waals surface area (Å²) in [7, 11) is 0. The number of benzene rings is 1. The van der Waals surface area contributed by atoms with Gasteiger partial charge in [0.15, 0.2) is 0 Å². The van der Waals surface area contributed by atoms with Crippen molar-refractivity contribution in [2.75, 3.05) is 6.54 Å². The van der Waals surface area contributed by atoms with Crippen LogP contribution >= 0.6 is 0 Å². The Morgan fingerprint density at radius 2 is 2.14 bits per heavy atom. The molecule has 1 aliphatic carbocycles. The van der Waals surface area contributed by atoms with Crippen LogP contribution in [0.15, 0.2) is 24.3 Å². The van der Waals surface area contributed by atoms with E-state index in [4.69, 9.17) is 5.73 Å². The third-order valence-corrected chi connectivity index (χ3v) is 2.90. The van der Waals surface area contributed by atoms with Gasteiger partial charge in [0, 0.05) is 24.8 Å². The van der Waals surface area contributed by atoms with Gasteiger partial charge in [-0.1, -0.05) is 12.1 Å². The summed E-state index contributed by atoms with van der Waals surface area (Å²) < 4.78 is 13.0. The predicted octanol–water partition coefficient (Wildman–Crippen LogP) is 1.39. The molecule has 0 atom stereocenters. The van der Waals surface area contributed by atoms with Gasteiger partial charge < -0.3 is 5.73 Å². The van der Waals surface area contributed by atoms with E-state index in [0.29, 0.717) is 19.4 Å². The standard InChI is InChI=1S/C11H12FNO/c12-9-3-1-2-8(4-9)11(7-13)5-10(14)6-11/h1-4H,5-7,13H2. The van der Waals surface area contributed by atoms with Crippen molar-refractivity contribution in [3.8, 4) is 0 Å². The minimum absolute atomic E-state index is 0.208. The van der Waals surface area contributed by atoms with Gasteiger partial charge in [-0.15, -0.1) is 0 Å². The lowest BCUT2D eigenvalue weighted by Crippen LogP contribution is -2.47. The van der Waals surface area contributed by atoms with Crippen molar-refractivity contribution in [2.24, 2.45) is 5.73 Å². The van der Waals surface area contributed by atoms with Crippen LogP contribution in [0.25, 0.3) is 0 Å². The van der Waals surface area contributed by atoms with Crippen LogP contribution in [0.5, 0.6) is 0 Å². The Morgan fingerprint density at radius 3 is 2.64 bits per heavy atom. The first-order valence-corrected chi connectivity index (χ1v) is 4.64. The SMILES string of the molecule is NCC1(c2cccc(F)c2)CC(=O)C1. The zero-order chi connectivity index (χ0) is 10.2. The third kappa shape index (κ3) is 1.34. The number of hydrogen-bond acceptors (Lipinski definition) is 2. The quantitative estimate of drug-likeness (QED) is 0.771. The molecule has 74 valence electrons. The van der Waals surface area contributed by atoms with Crippen molar-refractivity contribution >= 4 is 5.78 Å². The normalized spacial score (nSPS) is 19.1. The lowest BCUT2D eigenvalue weighted by Gasteiger charge is -2.39. The summed E-state index contributed by atoms with van der Waals surface area (Å²) in [5.41, 5.74) is 6.19. The Balaban J connectivity index is 2.33. The van der Waals surface area contributed by atoms with Gasteiger partial charge in [-0.25, -0.2) is 4.39 Å². The maximum Gasteiger partial charge on any atom is 0.134 e. The second kappa shape index (κ2) is 3.17. The van der Waals surface area contributed by atoms with E-state index >= 15 is 0 Å². The van der Waals surface area contributed by atoms with E-state index in [1.807, 2.05) is 6.07 Å². The highest BCUT2D eigenvalue weighted by atomic mass is 19.1. The fraction of sp³-hybridized carbons (Fsp3) is 0.364. The van der Waals surface area contributed by atoms with Gasteiger partial charge in [0.05, 0.1) is 0 Å². The molecule has 1 aromatic carbocycles. The molecule has 1 saturated carbocycles. The van der Waals surface area contributed by atoms with Gasteiger partial charge in [-0.3, -0.25) is 4.79 Å². The van der Waals surface area contributed by atoms with Crippen LogP contribution in [0, 0.1) is 5.82 Å². The molecule has 3 heteroatoms. The summed E-state index contributed by atoms with van der Waals surface area (Å²) in [4.78, 5) is 11.0. The first-order chi connectivity index (χ1) is 6.66. The number of carbonyl (C=O) groups is 1. The summed E-state index contributed by atoms with van der Waals surface area (Å²) in [6, 6.07) is 6.36.